The second-order valence-corrected chi connectivity index (χ2v) is 4.15. The van der Waals surface area contributed by atoms with E-state index in [0.29, 0.717) is 0 Å². The van der Waals surface area contributed by atoms with Gasteiger partial charge in [-0.1, -0.05) is 89.5 Å². The number of aromatic nitrogens is 1. The standard InChI is InChI=1S/C19H21N.2C2H6/c1-5-9-16(10-6-2)12-14-18-15-13-17(8-4)19(20-18)11-7-3;2*1-2/h5-15H,1,4H2,2-3H3;2*1-2H3/b10-6-,11-7-,14-12+,16-9+;;. The van der Waals surface area contributed by atoms with Gasteiger partial charge < -0.3 is 0 Å². The second kappa shape index (κ2) is 17.0. The van der Waals surface area contributed by atoms with Crippen LogP contribution in [-0.4, -0.2) is 4.98 Å². The lowest BCUT2D eigenvalue weighted by Crippen LogP contribution is -1.89. The molecule has 0 unspecified atom stereocenters. The van der Waals surface area contributed by atoms with Crippen LogP contribution >= 0.6 is 0 Å². The Balaban J connectivity index is 0. The molecule has 130 valence electrons. The van der Waals surface area contributed by atoms with Crippen molar-refractivity contribution >= 4 is 18.2 Å². The van der Waals surface area contributed by atoms with E-state index >= 15 is 0 Å². The predicted octanol–water partition coefficient (Wildman–Crippen LogP) is 7.51. The van der Waals surface area contributed by atoms with Crippen LogP contribution in [0.1, 0.15) is 58.5 Å². The van der Waals surface area contributed by atoms with Crippen molar-refractivity contribution in [1.82, 2.24) is 4.98 Å². The van der Waals surface area contributed by atoms with Gasteiger partial charge in [-0.05, 0) is 43.2 Å². The van der Waals surface area contributed by atoms with Crippen LogP contribution in [-0.2, 0) is 0 Å². The highest BCUT2D eigenvalue weighted by Gasteiger charge is 1.98. The summed E-state index contributed by atoms with van der Waals surface area (Å²) in [5, 5.41) is 0. The summed E-state index contributed by atoms with van der Waals surface area (Å²) in [5.74, 6) is 0. The molecule has 0 fully saturated rings. The van der Waals surface area contributed by atoms with Gasteiger partial charge in [0.25, 0.3) is 0 Å². The average Bonchev–Trinajstić information content (AvgIpc) is 2.64. The molecule has 1 aromatic rings. The molecule has 0 spiro atoms. The molecule has 0 aliphatic rings. The van der Waals surface area contributed by atoms with E-state index in [4.69, 9.17) is 0 Å². The Kier molecular flexibility index (Phi) is 16.8. The summed E-state index contributed by atoms with van der Waals surface area (Å²) in [6, 6.07) is 4.02. The topological polar surface area (TPSA) is 12.9 Å². The molecule has 0 bridgehead atoms. The first-order chi connectivity index (χ1) is 11.7. The smallest absolute Gasteiger partial charge is 0.0705 e. The number of hydrogen-bond donors (Lipinski definition) is 0. The minimum atomic E-state index is 0.920. The number of pyridine rings is 1. The molecule has 1 aromatic heterocycles. The number of nitrogens with zero attached hydrogens (tertiary/aromatic N) is 1. The molecule has 0 amide bonds. The lowest BCUT2D eigenvalue weighted by molar-refractivity contribution is 1.25. The van der Waals surface area contributed by atoms with Crippen molar-refractivity contribution in [2.45, 2.75) is 41.5 Å². The van der Waals surface area contributed by atoms with E-state index in [1.54, 1.807) is 6.08 Å². The molecule has 1 heteroatoms. The second-order valence-electron chi connectivity index (χ2n) is 4.15. The van der Waals surface area contributed by atoms with E-state index in [1.165, 1.54) is 0 Å². The lowest BCUT2D eigenvalue weighted by Gasteiger charge is -2.02. The Morgan fingerprint density at radius 3 is 2.08 bits per heavy atom. The van der Waals surface area contributed by atoms with Crippen LogP contribution < -0.4 is 0 Å². The van der Waals surface area contributed by atoms with Crippen molar-refractivity contribution in [3.8, 4) is 0 Å². The van der Waals surface area contributed by atoms with Gasteiger partial charge in [0, 0.05) is 0 Å². The minimum absolute atomic E-state index is 0.920. The Labute approximate surface area is 149 Å². The minimum Gasteiger partial charge on any atom is -0.248 e. The van der Waals surface area contributed by atoms with Gasteiger partial charge in [-0.2, -0.15) is 0 Å². The Morgan fingerprint density at radius 2 is 1.58 bits per heavy atom. The maximum absolute atomic E-state index is 4.60. The quantitative estimate of drug-likeness (QED) is 0.493. The Morgan fingerprint density at radius 1 is 0.917 bits per heavy atom. The van der Waals surface area contributed by atoms with Crippen molar-refractivity contribution in [3.05, 3.63) is 84.3 Å². The molecule has 0 saturated heterocycles. The number of hydrogen-bond acceptors (Lipinski definition) is 1. The largest absolute Gasteiger partial charge is 0.248 e. The van der Waals surface area contributed by atoms with Crippen molar-refractivity contribution in [2.75, 3.05) is 0 Å². The first kappa shape index (κ1) is 23.9. The van der Waals surface area contributed by atoms with E-state index in [0.717, 1.165) is 22.5 Å². The van der Waals surface area contributed by atoms with Crippen LogP contribution in [0.4, 0.5) is 0 Å². The Bertz CT molecular complexity index is 584. The van der Waals surface area contributed by atoms with E-state index < -0.39 is 0 Å². The van der Waals surface area contributed by atoms with Gasteiger partial charge in [0.15, 0.2) is 0 Å². The maximum atomic E-state index is 4.60. The molecule has 1 nitrogen and oxygen atoms in total. The molecular formula is C23H33N. The first-order valence-electron chi connectivity index (χ1n) is 8.64. The van der Waals surface area contributed by atoms with Crippen LogP contribution in [0.25, 0.3) is 18.2 Å². The molecule has 0 aromatic carbocycles. The monoisotopic (exact) mass is 323 g/mol. The summed E-state index contributed by atoms with van der Waals surface area (Å²) in [5.41, 5.74) is 3.98. The summed E-state index contributed by atoms with van der Waals surface area (Å²) in [6.07, 6.45) is 17.6. The Hall–Kier alpha value is -2.41. The SMILES string of the molecule is C=C/C=C(\C=C/C)/C=C/c1ccc(C=C)c(/C=C\C)n1.CC.CC. The zero-order valence-corrected chi connectivity index (χ0v) is 16.2. The van der Waals surface area contributed by atoms with Gasteiger partial charge in [-0.3, -0.25) is 0 Å². The third-order valence-corrected chi connectivity index (χ3v) is 2.64. The van der Waals surface area contributed by atoms with Gasteiger partial charge in [-0.25, -0.2) is 4.98 Å². The van der Waals surface area contributed by atoms with Gasteiger partial charge >= 0.3 is 0 Å². The molecule has 0 atom stereocenters. The van der Waals surface area contributed by atoms with Crippen LogP contribution in [0.15, 0.2) is 67.3 Å². The molecule has 0 aliphatic heterocycles. The number of rotatable bonds is 6. The van der Waals surface area contributed by atoms with E-state index in [-0.39, 0.29) is 0 Å². The normalized spacial score (nSPS) is 11.0. The molecule has 0 aliphatic carbocycles. The molecule has 24 heavy (non-hydrogen) atoms. The van der Waals surface area contributed by atoms with E-state index in [9.17, 15) is 0 Å². The fraction of sp³-hybridized carbons (Fsp3) is 0.261. The van der Waals surface area contributed by atoms with Crippen LogP contribution in [0.3, 0.4) is 0 Å². The maximum Gasteiger partial charge on any atom is 0.0705 e. The van der Waals surface area contributed by atoms with Crippen molar-refractivity contribution in [3.63, 3.8) is 0 Å². The highest BCUT2D eigenvalue weighted by Crippen LogP contribution is 2.13. The van der Waals surface area contributed by atoms with Crippen molar-refractivity contribution in [1.29, 1.82) is 0 Å². The van der Waals surface area contributed by atoms with Gasteiger partial charge in [0.05, 0.1) is 11.4 Å². The van der Waals surface area contributed by atoms with Gasteiger partial charge in [0.1, 0.15) is 0 Å². The summed E-state index contributed by atoms with van der Waals surface area (Å²) in [7, 11) is 0. The molecule has 1 rings (SSSR count). The highest BCUT2D eigenvalue weighted by atomic mass is 14.7. The lowest BCUT2D eigenvalue weighted by atomic mass is 10.1. The van der Waals surface area contributed by atoms with Crippen LogP contribution in [0.2, 0.25) is 0 Å². The fourth-order valence-electron chi connectivity index (χ4n) is 1.74. The third-order valence-electron chi connectivity index (χ3n) is 2.64. The third kappa shape index (κ3) is 9.58. The predicted molar refractivity (Wildman–Crippen MR) is 114 cm³/mol. The molecule has 0 radical (unpaired) electrons. The average molecular weight is 324 g/mol. The molecule has 0 N–H and O–H groups in total. The van der Waals surface area contributed by atoms with Crippen LogP contribution in [0, 0.1) is 0 Å². The highest BCUT2D eigenvalue weighted by molar-refractivity contribution is 5.64. The summed E-state index contributed by atoms with van der Waals surface area (Å²) >= 11 is 0. The van der Waals surface area contributed by atoms with E-state index in [1.807, 2.05) is 102 Å². The fourth-order valence-corrected chi connectivity index (χ4v) is 1.74. The van der Waals surface area contributed by atoms with Crippen LogP contribution in [0.5, 0.6) is 0 Å². The molecular weight excluding hydrogens is 290 g/mol. The first-order valence-corrected chi connectivity index (χ1v) is 8.64. The molecule has 1 heterocycles. The van der Waals surface area contributed by atoms with E-state index in [2.05, 4.69) is 18.1 Å². The van der Waals surface area contributed by atoms with Gasteiger partial charge in [0.2, 0.25) is 0 Å². The van der Waals surface area contributed by atoms with Crippen molar-refractivity contribution in [2.24, 2.45) is 0 Å². The number of allylic oxidation sites excluding steroid dienone is 7. The zero-order valence-electron chi connectivity index (χ0n) is 16.2. The summed E-state index contributed by atoms with van der Waals surface area (Å²) in [6.45, 7) is 19.5. The zero-order chi connectivity index (χ0) is 18.8. The summed E-state index contributed by atoms with van der Waals surface area (Å²) < 4.78 is 0. The van der Waals surface area contributed by atoms with Gasteiger partial charge in [-0.15, -0.1) is 0 Å². The molecule has 0 saturated carbocycles. The van der Waals surface area contributed by atoms with Crippen molar-refractivity contribution < 1.29 is 0 Å². The summed E-state index contributed by atoms with van der Waals surface area (Å²) in [4.78, 5) is 4.60.